The van der Waals surface area contributed by atoms with Crippen LogP contribution in [0.2, 0.25) is 0 Å². The van der Waals surface area contributed by atoms with Gasteiger partial charge in [0.25, 0.3) is 11.8 Å². The summed E-state index contributed by atoms with van der Waals surface area (Å²) in [5.41, 5.74) is 14.1. The summed E-state index contributed by atoms with van der Waals surface area (Å²) < 4.78 is 20.4. The van der Waals surface area contributed by atoms with Crippen LogP contribution < -0.4 is 26.8 Å². The maximum Gasteiger partial charge on any atom is 0.255 e. The zero-order valence-corrected chi connectivity index (χ0v) is 18.8. The van der Waals surface area contributed by atoms with Crippen LogP contribution in [-0.2, 0) is 6.54 Å². The van der Waals surface area contributed by atoms with Crippen molar-refractivity contribution in [2.75, 3.05) is 25.9 Å². The Hall–Kier alpha value is -3.92. The molecule has 10 heteroatoms. The lowest BCUT2D eigenvalue weighted by Crippen LogP contribution is -2.30. The largest absolute Gasteiger partial charge is 0.496 e. The molecule has 2 heterocycles. The zero-order valence-electron chi connectivity index (χ0n) is 18.8. The van der Waals surface area contributed by atoms with Crippen LogP contribution in [0.1, 0.15) is 45.2 Å². The van der Waals surface area contributed by atoms with Crippen molar-refractivity contribution in [3.05, 3.63) is 65.0 Å². The number of nitrogens with one attached hydrogen (secondary N) is 2. The minimum absolute atomic E-state index is 0.0994. The Morgan fingerprint density at radius 1 is 1.21 bits per heavy atom. The van der Waals surface area contributed by atoms with Crippen LogP contribution in [0.25, 0.3) is 11.3 Å². The second-order valence-electron chi connectivity index (χ2n) is 8.12. The number of carbonyl (C=O) groups is 2. The molecule has 1 aliphatic heterocycles. The Labute approximate surface area is 196 Å². The Morgan fingerprint density at radius 3 is 2.56 bits per heavy atom. The third-order valence-electron chi connectivity index (χ3n) is 5.94. The van der Waals surface area contributed by atoms with E-state index >= 15 is 0 Å². The standard InChI is InChI=1S/C24H27FN6O3/c1-34-19-7-6-16(25)12-18(19)24(33)29-13-14-2-4-15(5-3-14)21-20(23(27)32)22(26)31(30-21)17-8-10-28-11-9-17/h2-7,12,17,28H,8-11,13,26H2,1H3,(H2,27,32)(H,29,33). The minimum Gasteiger partial charge on any atom is -0.496 e. The Bertz CT molecular complexity index is 1200. The molecule has 34 heavy (non-hydrogen) atoms. The van der Waals surface area contributed by atoms with Gasteiger partial charge in [0.2, 0.25) is 0 Å². The Kier molecular flexibility index (Phi) is 6.78. The zero-order chi connectivity index (χ0) is 24.2. The van der Waals surface area contributed by atoms with E-state index in [1.165, 1.54) is 19.2 Å². The number of carbonyl (C=O) groups excluding carboxylic acids is 2. The molecule has 0 spiro atoms. The van der Waals surface area contributed by atoms with Crippen molar-refractivity contribution in [2.24, 2.45) is 5.73 Å². The number of hydrogen-bond acceptors (Lipinski definition) is 6. The number of nitrogen functional groups attached to an aromatic ring is 1. The third-order valence-corrected chi connectivity index (χ3v) is 5.94. The first kappa shape index (κ1) is 23.2. The maximum atomic E-state index is 13.6. The summed E-state index contributed by atoms with van der Waals surface area (Å²) in [5.74, 6) is -1.05. The second kappa shape index (κ2) is 9.92. The molecule has 0 bridgehead atoms. The van der Waals surface area contributed by atoms with Crippen molar-refractivity contribution < 1.29 is 18.7 Å². The van der Waals surface area contributed by atoms with E-state index in [-0.39, 0.29) is 35.3 Å². The Morgan fingerprint density at radius 2 is 1.91 bits per heavy atom. The van der Waals surface area contributed by atoms with Crippen molar-refractivity contribution in [1.82, 2.24) is 20.4 Å². The van der Waals surface area contributed by atoms with E-state index in [9.17, 15) is 14.0 Å². The molecule has 1 aromatic heterocycles. The number of ether oxygens (including phenoxy) is 1. The van der Waals surface area contributed by atoms with Crippen molar-refractivity contribution in [3.63, 3.8) is 0 Å². The molecule has 0 aliphatic carbocycles. The second-order valence-corrected chi connectivity index (χ2v) is 8.12. The molecule has 1 aliphatic rings. The van der Waals surface area contributed by atoms with Gasteiger partial charge < -0.3 is 26.8 Å². The summed E-state index contributed by atoms with van der Waals surface area (Å²) >= 11 is 0. The van der Waals surface area contributed by atoms with Gasteiger partial charge in [-0.2, -0.15) is 5.10 Å². The van der Waals surface area contributed by atoms with Gasteiger partial charge in [-0.05, 0) is 49.7 Å². The molecular formula is C24H27FN6O3. The predicted octanol–water partition coefficient (Wildman–Crippen LogP) is 2.23. The number of aromatic nitrogens is 2. The van der Waals surface area contributed by atoms with Gasteiger partial charge >= 0.3 is 0 Å². The van der Waals surface area contributed by atoms with E-state index in [1.54, 1.807) is 16.8 Å². The van der Waals surface area contributed by atoms with Gasteiger partial charge in [0.1, 0.15) is 28.6 Å². The average molecular weight is 467 g/mol. The molecule has 6 N–H and O–H groups in total. The van der Waals surface area contributed by atoms with Crippen LogP contribution in [0.3, 0.4) is 0 Å². The lowest BCUT2D eigenvalue weighted by atomic mass is 10.0. The molecule has 0 atom stereocenters. The first-order valence-corrected chi connectivity index (χ1v) is 11.0. The molecule has 9 nitrogen and oxygen atoms in total. The SMILES string of the molecule is COc1ccc(F)cc1C(=O)NCc1ccc(-c2nn(C3CCNCC3)c(N)c2C(N)=O)cc1. The minimum atomic E-state index is -0.631. The van der Waals surface area contributed by atoms with Gasteiger partial charge in [0.15, 0.2) is 0 Å². The van der Waals surface area contributed by atoms with Crippen LogP contribution in [0.4, 0.5) is 10.2 Å². The van der Waals surface area contributed by atoms with E-state index in [1.807, 2.05) is 12.1 Å². The molecule has 1 saturated heterocycles. The van der Waals surface area contributed by atoms with Gasteiger partial charge in [-0.25, -0.2) is 9.07 Å². The highest BCUT2D eigenvalue weighted by Crippen LogP contribution is 2.31. The number of halogens is 1. The molecule has 178 valence electrons. The fraction of sp³-hybridized carbons (Fsp3) is 0.292. The summed E-state index contributed by atoms with van der Waals surface area (Å²) in [6, 6.07) is 11.1. The van der Waals surface area contributed by atoms with Crippen molar-refractivity contribution >= 4 is 17.6 Å². The van der Waals surface area contributed by atoms with Crippen LogP contribution in [-0.4, -0.2) is 41.8 Å². The van der Waals surface area contributed by atoms with Gasteiger partial charge in [-0.1, -0.05) is 24.3 Å². The van der Waals surface area contributed by atoms with E-state index in [4.69, 9.17) is 16.2 Å². The molecule has 0 unspecified atom stereocenters. The summed E-state index contributed by atoms with van der Waals surface area (Å²) in [4.78, 5) is 24.7. The fourth-order valence-corrected chi connectivity index (χ4v) is 4.14. The van der Waals surface area contributed by atoms with Crippen LogP contribution in [0.15, 0.2) is 42.5 Å². The molecule has 0 radical (unpaired) electrons. The van der Waals surface area contributed by atoms with E-state index in [2.05, 4.69) is 15.7 Å². The van der Waals surface area contributed by atoms with Crippen molar-refractivity contribution in [2.45, 2.75) is 25.4 Å². The summed E-state index contributed by atoms with van der Waals surface area (Å²) in [6.07, 6.45) is 1.72. The topological polar surface area (TPSA) is 137 Å². The maximum absolute atomic E-state index is 13.6. The van der Waals surface area contributed by atoms with Crippen molar-refractivity contribution in [1.29, 1.82) is 0 Å². The van der Waals surface area contributed by atoms with Crippen molar-refractivity contribution in [3.8, 4) is 17.0 Å². The number of anilines is 1. The first-order chi connectivity index (χ1) is 16.4. The summed E-state index contributed by atoms with van der Waals surface area (Å²) in [5, 5.41) is 10.7. The molecule has 0 saturated carbocycles. The molecule has 1 fully saturated rings. The highest BCUT2D eigenvalue weighted by atomic mass is 19.1. The van der Waals surface area contributed by atoms with Gasteiger partial charge in [0, 0.05) is 12.1 Å². The highest BCUT2D eigenvalue weighted by Gasteiger charge is 2.26. The Balaban J connectivity index is 1.52. The number of nitrogens with zero attached hydrogens (tertiary/aromatic N) is 2. The number of amides is 2. The monoisotopic (exact) mass is 466 g/mol. The number of primary amides is 1. The number of rotatable bonds is 7. The number of piperidine rings is 1. The van der Waals surface area contributed by atoms with Crippen LogP contribution >= 0.6 is 0 Å². The lowest BCUT2D eigenvalue weighted by Gasteiger charge is -2.23. The number of hydrogen-bond donors (Lipinski definition) is 4. The van der Waals surface area contributed by atoms with E-state index in [0.717, 1.165) is 37.6 Å². The molecule has 2 aromatic carbocycles. The summed E-state index contributed by atoms with van der Waals surface area (Å²) in [7, 11) is 1.42. The number of nitrogens with two attached hydrogens (primary N) is 2. The molecule has 4 rings (SSSR count). The first-order valence-electron chi connectivity index (χ1n) is 11.0. The number of benzene rings is 2. The lowest BCUT2D eigenvalue weighted by molar-refractivity contribution is 0.0946. The van der Waals surface area contributed by atoms with E-state index < -0.39 is 17.6 Å². The van der Waals surface area contributed by atoms with E-state index in [0.29, 0.717) is 11.3 Å². The average Bonchev–Trinajstić information content (AvgIpc) is 3.20. The predicted molar refractivity (Wildman–Crippen MR) is 126 cm³/mol. The normalized spacial score (nSPS) is 14.1. The fourth-order valence-electron chi connectivity index (χ4n) is 4.14. The van der Waals surface area contributed by atoms with Gasteiger partial charge in [-0.3, -0.25) is 9.59 Å². The van der Waals surface area contributed by atoms with Crippen LogP contribution in [0, 0.1) is 5.82 Å². The quantitative estimate of drug-likeness (QED) is 0.421. The van der Waals surface area contributed by atoms with Gasteiger partial charge in [-0.15, -0.1) is 0 Å². The number of methoxy groups -OCH3 is 1. The summed E-state index contributed by atoms with van der Waals surface area (Å²) in [6.45, 7) is 1.92. The highest BCUT2D eigenvalue weighted by molar-refractivity contribution is 6.03. The molecular weight excluding hydrogens is 439 g/mol. The molecule has 3 aromatic rings. The molecule has 2 amide bonds. The smallest absolute Gasteiger partial charge is 0.255 e. The third kappa shape index (κ3) is 4.72. The van der Waals surface area contributed by atoms with Crippen LogP contribution in [0.5, 0.6) is 5.75 Å². The van der Waals surface area contributed by atoms with Gasteiger partial charge in [0.05, 0.1) is 18.7 Å².